The molecule has 1 aliphatic heterocycles. The molecule has 1 fully saturated rings. The Morgan fingerprint density at radius 2 is 2.28 bits per heavy atom. The Hall–Kier alpha value is -1.40. The van der Waals surface area contributed by atoms with Gasteiger partial charge in [0.05, 0.1) is 6.54 Å². The third-order valence-electron chi connectivity index (χ3n) is 3.58. The summed E-state index contributed by atoms with van der Waals surface area (Å²) in [6, 6.07) is 0. The molecule has 1 aromatic heterocycles. The zero-order valence-corrected chi connectivity index (χ0v) is 10.6. The molecule has 2 rings (SSSR count). The van der Waals surface area contributed by atoms with Crippen molar-refractivity contribution in [3.63, 3.8) is 0 Å². The summed E-state index contributed by atoms with van der Waals surface area (Å²) in [7, 11) is 1.88. The molecule has 6 nitrogen and oxygen atoms in total. The van der Waals surface area contributed by atoms with Crippen LogP contribution in [-0.4, -0.2) is 45.1 Å². The highest BCUT2D eigenvalue weighted by molar-refractivity contribution is 5.75. The van der Waals surface area contributed by atoms with Crippen LogP contribution in [0.4, 0.5) is 0 Å². The van der Waals surface area contributed by atoms with Gasteiger partial charge < -0.3 is 15.4 Å². The number of carbonyl (C=O) groups excluding carboxylic acids is 1. The normalized spacial score (nSPS) is 19.9. The highest BCUT2D eigenvalue weighted by Gasteiger charge is 2.28. The van der Waals surface area contributed by atoms with Crippen LogP contribution in [0.25, 0.3) is 0 Å². The van der Waals surface area contributed by atoms with E-state index in [1.807, 2.05) is 22.7 Å². The third-order valence-corrected chi connectivity index (χ3v) is 3.58. The molecule has 0 radical (unpaired) electrons. The Bertz CT molecular complexity index is 410. The fraction of sp³-hybridized carbons (Fsp3) is 0.667. The number of nitrogens with two attached hydrogens (primary N) is 1. The van der Waals surface area contributed by atoms with Gasteiger partial charge in [0.25, 0.3) is 0 Å². The number of primary amides is 1. The number of carbonyl (C=O) groups is 1. The van der Waals surface area contributed by atoms with Gasteiger partial charge in [0.15, 0.2) is 0 Å². The van der Waals surface area contributed by atoms with Gasteiger partial charge >= 0.3 is 0 Å². The van der Waals surface area contributed by atoms with Crippen molar-refractivity contribution in [1.82, 2.24) is 14.5 Å². The van der Waals surface area contributed by atoms with E-state index in [0.717, 1.165) is 25.9 Å². The molecule has 2 heterocycles. The van der Waals surface area contributed by atoms with Crippen molar-refractivity contribution in [3.8, 4) is 0 Å². The minimum atomic E-state index is -0.527. The molecule has 3 N–H and O–H groups in total. The van der Waals surface area contributed by atoms with Gasteiger partial charge in [0.1, 0.15) is 11.9 Å². The lowest BCUT2D eigenvalue weighted by atomic mass is 9.90. The van der Waals surface area contributed by atoms with Crippen molar-refractivity contribution in [2.24, 2.45) is 18.7 Å². The first-order chi connectivity index (χ1) is 8.58. The predicted octanol–water partition coefficient (Wildman–Crippen LogP) is -0.349. The fourth-order valence-electron chi connectivity index (χ4n) is 2.52. The average molecular weight is 252 g/mol. The zero-order valence-electron chi connectivity index (χ0n) is 10.6. The highest BCUT2D eigenvalue weighted by atomic mass is 16.3. The van der Waals surface area contributed by atoms with Crippen molar-refractivity contribution in [2.75, 3.05) is 19.6 Å². The number of nitrogens with zero attached hydrogens (tertiary/aromatic N) is 3. The number of hydrogen-bond donors (Lipinski definition) is 2. The molecule has 0 saturated carbocycles. The van der Waals surface area contributed by atoms with E-state index in [4.69, 9.17) is 5.73 Å². The van der Waals surface area contributed by atoms with E-state index in [9.17, 15) is 9.90 Å². The van der Waals surface area contributed by atoms with Crippen LogP contribution < -0.4 is 5.73 Å². The van der Waals surface area contributed by atoms with E-state index in [1.54, 1.807) is 6.20 Å². The lowest BCUT2D eigenvalue weighted by molar-refractivity contribution is -0.119. The first-order valence-electron chi connectivity index (χ1n) is 6.24. The summed E-state index contributed by atoms with van der Waals surface area (Å²) < 4.78 is 1.85. The van der Waals surface area contributed by atoms with Gasteiger partial charge in [-0.2, -0.15) is 0 Å². The Balaban J connectivity index is 1.90. The molecule has 0 aromatic carbocycles. The highest BCUT2D eigenvalue weighted by Crippen LogP contribution is 2.29. The second-order valence-electron chi connectivity index (χ2n) is 4.92. The van der Waals surface area contributed by atoms with Crippen LogP contribution in [-0.2, 0) is 11.8 Å². The maximum Gasteiger partial charge on any atom is 0.231 e. The van der Waals surface area contributed by atoms with E-state index in [0.29, 0.717) is 12.4 Å². The quantitative estimate of drug-likeness (QED) is 0.767. The Kier molecular flexibility index (Phi) is 3.98. The monoisotopic (exact) mass is 252 g/mol. The van der Waals surface area contributed by atoms with Crippen LogP contribution >= 0.6 is 0 Å². The van der Waals surface area contributed by atoms with Crippen LogP contribution in [0, 0.1) is 5.92 Å². The molecule has 1 aromatic rings. The van der Waals surface area contributed by atoms with Crippen molar-refractivity contribution >= 4 is 5.91 Å². The van der Waals surface area contributed by atoms with Gasteiger partial charge in [0, 0.05) is 19.4 Å². The maximum atomic E-state index is 10.8. The number of piperidine rings is 1. The van der Waals surface area contributed by atoms with Gasteiger partial charge in [-0.1, -0.05) is 0 Å². The van der Waals surface area contributed by atoms with Gasteiger partial charge in [-0.25, -0.2) is 4.98 Å². The largest absolute Gasteiger partial charge is 0.385 e. The minimum Gasteiger partial charge on any atom is -0.385 e. The summed E-state index contributed by atoms with van der Waals surface area (Å²) in [5.74, 6) is 0.622. The van der Waals surface area contributed by atoms with Gasteiger partial charge in [0.2, 0.25) is 5.91 Å². The number of hydrogen-bond acceptors (Lipinski definition) is 4. The maximum absolute atomic E-state index is 10.8. The van der Waals surface area contributed by atoms with Crippen LogP contribution in [0.2, 0.25) is 0 Å². The van der Waals surface area contributed by atoms with E-state index in [1.165, 1.54) is 0 Å². The predicted molar refractivity (Wildman–Crippen MR) is 66.5 cm³/mol. The topological polar surface area (TPSA) is 84.4 Å². The number of imidazole rings is 1. The second kappa shape index (κ2) is 5.49. The van der Waals surface area contributed by atoms with Crippen LogP contribution in [0.1, 0.15) is 24.8 Å². The first-order valence-corrected chi connectivity index (χ1v) is 6.24. The zero-order chi connectivity index (χ0) is 13.1. The van der Waals surface area contributed by atoms with E-state index < -0.39 is 6.10 Å². The van der Waals surface area contributed by atoms with E-state index >= 15 is 0 Å². The third kappa shape index (κ3) is 2.88. The Morgan fingerprint density at radius 3 is 2.78 bits per heavy atom. The first kappa shape index (κ1) is 13.0. The molecule has 1 unspecified atom stereocenters. The summed E-state index contributed by atoms with van der Waals surface area (Å²) in [4.78, 5) is 17.0. The molecule has 6 heteroatoms. The van der Waals surface area contributed by atoms with E-state index in [-0.39, 0.29) is 11.8 Å². The number of aliphatic hydroxyl groups is 1. The van der Waals surface area contributed by atoms with E-state index in [2.05, 4.69) is 4.98 Å². The number of aromatic nitrogens is 2. The van der Waals surface area contributed by atoms with Crippen molar-refractivity contribution in [1.29, 1.82) is 0 Å². The molecule has 1 aliphatic rings. The summed E-state index contributed by atoms with van der Waals surface area (Å²) in [6.07, 6.45) is 4.73. The van der Waals surface area contributed by atoms with Gasteiger partial charge in [-0.15, -0.1) is 0 Å². The number of aliphatic hydroxyl groups excluding tert-OH is 1. The smallest absolute Gasteiger partial charge is 0.231 e. The summed E-state index contributed by atoms with van der Waals surface area (Å²) in [5, 5.41) is 10.3. The molecule has 0 spiro atoms. The molecule has 0 aliphatic carbocycles. The van der Waals surface area contributed by atoms with Crippen LogP contribution in [0.3, 0.4) is 0 Å². The Morgan fingerprint density at radius 1 is 1.61 bits per heavy atom. The SMILES string of the molecule is Cn1ccnc1C(O)C1CCN(CC(N)=O)CC1. The molecule has 18 heavy (non-hydrogen) atoms. The molecular weight excluding hydrogens is 232 g/mol. The second-order valence-corrected chi connectivity index (χ2v) is 4.92. The fourth-order valence-corrected chi connectivity index (χ4v) is 2.52. The number of likely N-dealkylation sites (tertiary alicyclic amines) is 1. The molecule has 100 valence electrons. The summed E-state index contributed by atoms with van der Waals surface area (Å²) in [5.41, 5.74) is 5.17. The molecular formula is C12H20N4O2. The molecule has 1 amide bonds. The molecule has 1 saturated heterocycles. The Labute approximate surface area is 106 Å². The number of aryl methyl sites for hydroxylation is 1. The van der Waals surface area contributed by atoms with Crippen molar-refractivity contribution in [3.05, 3.63) is 18.2 Å². The van der Waals surface area contributed by atoms with Crippen LogP contribution in [0.15, 0.2) is 12.4 Å². The average Bonchev–Trinajstić information content (AvgIpc) is 2.75. The number of amides is 1. The summed E-state index contributed by atoms with van der Waals surface area (Å²) >= 11 is 0. The lowest BCUT2D eigenvalue weighted by Gasteiger charge is -2.33. The number of rotatable bonds is 4. The summed E-state index contributed by atoms with van der Waals surface area (Å²) in [6.45, 7) is 1.91. The van der Waals surface area contributed by atoms with Crippen molar-refractivity contribution in [2.45, 2.75) is 18.9 Å². The van der Waals surface area contributed by atoms with Gasteiger partial charge in [-0.05, 0) is 31.8 Å². The molecule has 1 atom stereocenters. The van der Waals surface area contributed by atoms with Crippen LogP contribution in [0.5, 0.6) is 0 Å². The van der Waals surface area contributed by atoms with Crippen molar-refractivity contribution < 1.29 is 9.90 Å². The molecule has 0 bridgehead atoms. The lowest BCUT2D eigenvalue weighted by Crippen LogP contribution is -2.40. The standard InChI is InChI=1S/C12H20N4O2/c1-15-7-4-14-12(15)11(18)9-2-5-16(6-3-9)8-10(13)17/h4,7,9,11,18H,2-3,5-6,8H2,1H3,(H2,13,17). The minimum absolute atomic E-state index is 0.204. The van der Waals surface area contributed by atoms with Gasteiger partial charge in [-0.3, -0.25) is 9.69 Å².